The number of nitrogens with one attached hydrogen (secondary N) is 2. The third-order valence-corrected chi connectivity index (χ3v) is 3.40. The standard InChI is InChI=1S/C13H27N3O2/c1-18-10-12(14)13(17)16-9-8-15-11-6-4-2-3-5-7-11/h11-12,15H,2-10,14H2,1H3,(H,16,17). The number of carbonyl (C=O) groups is 1. The Bertz CT molecular complexity index is 228. The normalized spacial score (nSPS) is 19.2. The second-order valence-electron chi connectivity index (χ2n) is 5.00. The first-order chi connectivity index (χ1) is 8.74. The first kappa shape index (κ1) is 15.4. The molecule has 18 heavy (non-hydrogen) atoms. The van der Waals surface area contributed by atoms with Gasteiger partial charge in [0.05, 0.1) is 6.61 Å². The molecule has 5 heteroatoms. The van der Waals surface area contributed by atoms with Crippen LogP contribution in [0.15, 0.2) is 0 Å². The third-order valence-electron chi connectivity index (χ3n) is 3.40. The van der Waals surface area contributed by atoms with E-state index in [9.17, 15) is 4.79 Å². The van der Waals surface area contributed by atoms with E-state index in [1.54, 1.807) is 7.11 Å². The average Bonchev–Trinajstić information content (AvgIpc) is 2.63. The molecule has 106 valence electrons. The van der Waals surface area contributed by atoms with Crippen LogP contribution in [0.25, 0.3) is 0 Å². The Labute approximate surface area is 110 Å². The maximum absolute atomic E-state index is 11.5. The number of ether oxygens (including phenoxy) is 1. The van der Waals surface area contributed by atoms with Crippen molar-refractivity contribution in [3.8, 4) is 0 Å². The second-order valence-corrected chi connectivity index (χ2v) is 5.00. The fraction of sp³-hybridized carbons (Fsp3) is 0.923. The predicted octanol–water partition coefficient (Wildman–Crippen LogP) is 0.389. The Morgan fingerprint density at radius 1 is 1.28 bits per heavy atom. The lowest BCUT2D eigenvalue weighted by Gasteiger charge is -2.17. The molecule has 0 heterocycles. The summed E-state index contributed by atoms with van der Waals surface area (Å²) < 4.78 is 4.84. The molecule has 1 atom stereocenters. The first-order valence-electron chi connectivity index (χ1n) is 6.99. The van der Waals surface area contributed by atoms with Crippen LogP contribution < -0.4 is 16.4 Å². The minimum absolute atomic E-state index is 0.139. The summed E-state index contributed by atoms with van der Waals surface area (Å²) in [4.78, 5) is 11.5. The summed E-state index contributed by atoms with van der Waals surface area (Å²) in [6.45, 7) is 1.71. The lowest BCUT2D eigenvalue weighted by molar-refractivity contribution is -0.123. The van der Waals surface area contributed by atoms with Gasteiger partial charge in [0, 0.05) is 26.2 Å². The molecule has 1 rings (SSSR count). The second kappa shape index (κ2) is 9.30. The molecule has 0 saturated heterocycles. The Balaban J connectivity index is 2.05. The van der Waals surface area contributed by atoms with Crippen LogP contribution >= 0.6 is 0 Å². The van der Waals surface area contributed by atoms with Crippen molar-refractivity contribution in [3.63, 3.8) is 0 Å². The summed E-state index contributed by atoms with van der Waals surface area (Å²) in [5.41, 5.74) is 5.62. The van der Waals surface area contributed by atoms with Crippen molar-refractivity contribution in [2.75, 3.05) is 26.8 Å². The topological polar surface area (TPSA) is 76.4 Å². The Morgan fingerprint density at radius 2 is 1.94 bits per heavy atom. The van der Waals surface area contributed by atoms with Gasteiger partial charge in [0.25, 0.3) is 0 Å². The molecule has 0 aromatic carbocycles. The number of hydrogen-bond donors (Lipinski definition) is 3. The summed E-state index contributed by atoms with van der Waals surface area (Å²) in [6, 6.07) is 0.0601. The van der Waals surface area contributed by atoms with Gasteiger partial charge in [-0.2, -0.15) is 0 Å². The van der Waals surface area contributed by atoms with Gasteiger partial charge in [-0.3, -0.25) is 4.79 Å². The van der Waals surface area contributed by atoms with Crippen molar-refractivity contribution in [2.24, 2.45) is 5.73 Å². The zero-order chi connectivity index (χ0) is 13.2. The number of carbonyl (C=O) groups excluding carboxylic acids is 1. The number of rotatable bonds is 7. The molecule has 5 nitrogen and oxygen atoms in total. The summed E-state index contributed by atoms with van der Waals surface area (Å²) in [7, 11) is 1.54. The third kappa shape index (κ3) is 6.33. The SMILES string of the molecule is COCC(N)C(=O)NCCNC1CCCCCC1. The fourth-order valence-corrected chi connectivity index (χ4v) is 2.33. The molecular weight excluding hydrogens is 230 g/mol. The van der Waals surface area contributed by atoms with Gasteiger partial charge < -0.3 is 21.1 Å². The zero-order valence-electron chi connectivity index (χ0n) is 11.4. The molecule has 1 aliphatic carbocycles. The van der Waals surface area contributed by atoms with Gasteiger partial charge in [0.1, 0.15) is 6.04 Å². The number of nitrogens with two attached hydrogens (primary N) is 1. The highest BCUT2D eigenvalue weighted by atomic mass is 16.5. The van der Waals surface area contributed by atoms with Crippen molar-refractivity contribution in [1.82, 2.24) is 10.6 Å². The number of amides is 1. The van der Waals surface area contributed by atoms with Crippen molar-refractivity contribution >= 4 is 5.91 Å². The Morgan fingerprint density at radius 3 is 2.56 bits per heavy atom. The average molecular weight is 257 g/mol. The molecule has 0 aromatic heterocycles. The van der Waals surface area contributed by atoms with Crippen LogP contribution in [0.4, 0.5) is 0 Å². The van der Waals surface area contributed by atoms with Crippen LogP contribution in [0.3, 0.4) is 0 Å². The molecule has 1 fully saturated rings. The Hall–Kier alpha value is -0.650. The molecular formula is C13H27N3O2. The van der Waals surface area contributed by atoms with E-state index in [1.807, 2.05) is 0 Å². The number of methoxy groups -OCH3 is 1. The lowest BCUT2D eigenvalue weighted by atomic mass is 10.1. The van der Waals surface area contributed by atoms with E-state index in [0.717, 1.165) is 6.54 Å². The smallest absolute Gasteiger partial charge is 0.239 e. The van der Waals surface area contributed by atoms with E-state index < -0.39 is 6.04 Å². The zero-order valence-corrected chi connectivity index (χ0v) is 11.4. The number of hydrogen-bond acceptors (Lipinski definition) is 4. The van der Waals surface area contributed by atoms with Crippen LogP contribution in [0.1, 0.15) is 38.5 Å². The molecule has 0 aliphatic heterocycles. The lowest BCUT2D eigenvalue weighted by Crippen LogP contribution is -2.46. The van der Waals surface area contributed by atoms with Gasteiger partial charge in [-0.25, -0.2) is 0 Å². The fourth-order valence-electron chi connectivity index (χ4n) is 2.33. The Kier molecular flexibility index (Phi) is 7.96. The molecule has 0 bridgehead atoms. The van der Waals surface area contributed by atoms with Crippen molar-refractivity contribution < 1.29 is 9.53 Å². The van der Waals surface area contributed by atoms with Gasteiger partial charge in [-0.05, 0) is 12.8 Å². The summed E-state index contributed by atoms with van der Waals surface area (Å²) in [5, 5.41) is 6.32. The molecule has 1 amide bonds. The minimum atomic E-state index is -0.562. The van der Waals surface area contributed by atoms with Crippen molar-refractivity contribution in [1.29, 1.82) is 0 Å². The molecule has 1 unspecified atom stereocenters. The summed E-state index contributed by atoms with van der Waals surface area (Å²) in [6.07, 6.45) is 7.89. The van der Waals surface area contributed by atoms with Gasteiger partial charge in [0.2, 0.25) is 5.91 Å². The first-order valence-corrected chi connectivity index (χ1v) is 6.99. The van der Waals surface area contributed by atoms with Crippen LogP contribution in [0.5, 0.6) is 0 Å². The largest absolute Gasteiger partial charge is 0.383 e. The van der Waals surface area contributed by atoms with Gasteiger partial charge in [0.15, 0.2) is 0 Å². The molecule has 1 aliphatic rings. The van der Waals surface area contributed by atoms with Crippen LogP contribution in [-0.2, 0) is 9.53 Å². The maximum Gasteiger partial charge on any atom is 0.239 e. The highest BCUT2D eigenvalue weighted by Gasteiger charge is 2.13. The van der Waals surface area contributed by atoms with Crippen LogP contribution in [0, 0.1) is 0 Å². The monoisotopic (exact) mass is 257 g/mol. The molecule has 4 N–H and O–H groups in total. The van der Waals surface area contributed by atoms with Crippen molar-refractivity contribution in [2.45, 2.75) is 50.6 Å². The predicted molar refractivity (Wildman–Crippen MR) is 72.4 cm³/mol. The van der Waals surface area contributed by atoms with Crippen LogP contribution in [0.2, 0.25) is 0 Å². The molecule has 1 saturated carbocycles. The quantitative estimate of drug-likeness (QED) is 0.455. The van der Waals surface area contributed by atoms with E-state index in [1.165, 1.54) is 38.5 Å². The van der Waals surface area contributed by atoms with E-state index in [2.05, 4.69) is 10.6 Å². The van der Waals surface area contributed by atoms with E-state index >= 15 is 0 Å². The van der Waals surface area contributed by atoms with E-state index in [4.69, 9.17) is 10.5 Å². The van der Waals surface area contributed by atoms with E-state index in [-0.39, 0.29) is 12.5 Å². The molecule has 0 spiro atoms. The van der Waals surface area contributed by atoms with Crippen molar-refractivity contribution in [3.05, 3.63) is 0 Å². The summed E-state index contributed by atoms with van der Waals surface area (Å²) in [5.74, 6) is -0.139. The van der Waals surface area contributed by atoms with Gasteiger partial charge >= 0.3 is 0 Å². The van der Waals surface area contributed by atoms with E-state index in [0.29, 0.717) is 12.6 Å². The highest BCUT2D eigenvalue weighted by molar-refractivity contribution is 5.81. The summed E-state index contributed by atoms with van der Waals surface area (Å²) >= 11 is 0. The van der Waals surface area contributed by atoms with Gasteiger partial charge in [-0.15, -0.1) is 0 Å². The highest BCUT2D eigenvalue weighted by Crippen LogP contribution is 2.16. The molecule has 0 radical (unpaired) electrons. The van der Waals surface area contributed by atoms with Gasteiger partial charge in [-0.1, -0.05) is 25.7 Å². The minimum Gasteiger partial charge on any atom is -0.383 e. The van der Waals surface area contributed by atoms with Crippen LogP contribution in [-0.4, -0.2) is 44.8 Å². The maximum atomic E-state index is 11.5. The molecule has 0 aromatic rings.